The van der Waals surface area contributed by atoms with Gasteiger partial charge in [0.15, 0.2) is 0 Å². The molecule has 1 aliphatic heterocycles. The molecular weight excluding hydrogens is 393 g/mol. The Morgan fingerprint density at radius 3 is 2.25 bits per heavy atom. The van der Waals surface area contributed by atoms with Gasteiger partial charge in [-0.2, -0.15) is 13.2 Å². The molecule has 0 spiro atoms. The molecule has 0 aromatic heterocycles. The summed E-state index contributed by atoms with van der Waals surface area (Å²) >= 11 is 0. The van der Waals surface area contributed by atoms with E-state index in [1.54, 1.807) is 30.3 Å². The normalized spacial score (nSPS) is 17.4. The van der Waals surface area contributed by atoms with E-state index in [4.69, 9.17) is 4.74 Å². The molecule has 1 N–H and O–H groups in total. The van der Waals surface area contributed by atoms with Crippen LogP contribution in [-0.4, -0.2) is 46.2 Å². The average molecular weight is 414 g/mol. The number of ether oxygens (including phenoxy) is 1. The number of sulfonamides is 1. The number of hydrogen-bond acceptors (Lipinski definition) is 4. The third kappa shape index (κ3) is 5.11. The van der Waals surface area contributed by atoms with Gasteiger partial charge in [-0.3, -0.25) is 4.90 Å². The smallest absolute Gasteiger partial charge is 0.379 e. The van der Waals surface area contributed by atoms with Gasteiger partial charge in [0, 0.05) is 19.6 Å². The molecule has 9 heteroatoms. The molecule has 1 atom stereocenters. The summed E-state index contributed by atoms with van der Waals surface area (Å²) in [6.07, 6.45) is -4.77. The van der Waals surface area contributed by atoms with Gasteiger partial charge in [0.25, 0.3) is 0 Å². The summed E-state index contributed by atoms with van der Waals surface area (Å²) in [5.41, 5.74) is -0.497. The monoisotopic (exact) mass is 414 g/mol. The number of hydrogen-bond donors (Lipinski definition) is 1. The minimum atomic E-state index is -4.77. The SMILES string of the molecule is O=S(=O)(N[C@H](CN1CCOCC1)c1ccccc1)c1ccccc1C(F)(F)F. The Bertz CT molecular complexity index is 883. The second-order valence-electron chi connectivity index (χ2n) is 6.49. The maximum Gasteiger partial charge on any atom is 0.417 e. The van der Waals surface area contributed by atoms with Crippen LogP contribution in [0.1, 0.15) is 17.2 Å². The second-order valence-corrected chi connectivity index (χ2v) is 8.17. The quantitative estimate of drug-likeness (QED) is 0.790. The molecular formula is C19H21F3N2O3S. The van der Waals surface area contributed by atoms with Gasteiger partial charge in [-0.25, -0.2) is 13.1 Å². The van der Waals surface area contributed by atoms with Crippen LogP contribution in [0.2, 0.25) is 0 Å². The molecule has 152 valence electrons. The van der Waals surface area contributed by atoms with Crippen LogP contribution in [0.15, 0.2) is 59.5 Å². The summed E-state index contributed by atoms with van der Waals surface area (Å²) in [6.45, 7) is 2.66. The van der Waals surface area contributed by atoms with Crippen molar-refractivity contribution in [1.29, 1.82) is 0 Å². The Morgan fingerprint density at radius 1 is 1.00 bits per heavy atom. The van der Waals surface area contributed by atoms with Crippen LogP contribution in [0.4, 0.5) is 13.2 Å². The van der Waals surface area contributed by atoms with Crippen LogP contribution in [-0.2, 0) is 20.9 Å². The zero-order chi connectivity index (χ0) is 20.2. The highest BCUT2D eigenvalue weighted by atomic mass is 32.2. The van der Waals surface area contributed by atoms with Crippen molar-refractivity contribution in [3.05, 3.63) is 65.7 Å². The fourth-order valence-corrected chi connectivity index (χ4v) is 4.57. The number of morpholine rings is 1. The molecule has 1 fully saturated rings. The van der Waals surface area contributed by atoms with Crippen LogP contribution >= 0.6 is 0 Å². The van der Waals surface area contributed by atoms with Crippen molar-refractivity contribution < 1.29 is 26.3 Å². The number of benzene rings is 2. The van der Waals surface area contributed by atoms with E-state index < -0.39 is 32.7 Å². The van der Waals surface area contributed by atoms with Crippen molar-refractivity contribution in [2.24, 2.45) is 0 Å². The number of halogens is 3. The van der Waals surface area contributed by atoms with Crippen LogP contribution in [0.5, 0.6) is 0 Å². The van der Waals surface area contributed by atoms with Gasteiger partial charge < -0.3 is 4.74 Å². The maximum absolute atomic E-state index is 13.3. The first kappa shape index (κ1) is 20.8. The highest BCUT2D eigenvalue weighted by Gasteiger charge is 2.37. The molecule has 28 heavy (non-hydrogen) atoms. The Hall–Kier alpha value is -1.94. The second kappa shape index (κ2) is 8.60. The fraction of sp³-hybridized carbons (Fsp3) is 0.368. The molecule has 3 rings (SSSR count). The van der Waals surface area contributed by atoms with Gasteiger partial charge in [-0.05, 0) is 17.7 Å². The topological polar surface area (TPSA) is 58.6 Å². The summed E-state index contributed by atoms with van der Waals surface area (Å²) in [5.74, 6) is 0. The van der Waals surface area contributed by atoms with Crippen molar-refractivity contribution in [3.8, 4) is 0 Å². The number of alkyl halides is 3. The van der Waals surface area contributed by atoms with Gasteiger partial charge in [0.1, 0.15) is 0 Å². The number of rotatable bonds is 6. The van der Waals surface area contributed by atoms with Crippen LogP contribution in [0, 0.1) is 0 Å². The average Bonchev–Trinajstić information content (AvgIpc) is 2.68. The van der Waals surface area contributed by atoms with Crippen LogP contribution in [0.3, 0.4) is 0 Å². The Kier molecular flexibility index (Phi) is 6.39. The molecule has 0 aliphatic carbocycles. The van der Waals surface area contributed by atoms with E-state index in [-0.39, 0.29) is 0 Å². The lowest BCUT2D eigenvalue weighted by Gasteiger charge is -2.31. The summed E-state index contributed by atoms with van der Waals surface area (Å²) < 4.78 is 73.4. The molecule has 0 bridgehead atoms. The Morgan fingerprint density at radius 2 is 1.61 bits per heavy atom. The van der Waals surface area contributed by atoms with Gasteiger partial charge in [0.2, 0.25) is 10.0 Å². The van der Waals surface area contributed by atoms with Gasteiger partial charge in [-0.1, -0.05) is 42.5 Å². The third-order valence-electron chi connectivity index (χ3n) is 4.53. The molecule has 1 saturated heterocycles. The van der Waals surface area contributed by atoms with E-state index in [0.29, 0.717) is 38.4 Å². The van der Waals surface area contributed by atoms with Crippen molar-refractivity contribution in [3.63, 3.8) is 0 Å². The Labute approximate surface area is 162 Å². The molecule has 2 aromatic carbocycles. The highest BCUT2D eigenvalue weighted by Crippen LogP contribution is 2.34. The summed E-state index contributed by atoms with van der Waals surface area (Å²) in [4.78, 5) is 1.25. The first-order valence-corrected chi connectivity index (χ1v) is 10.3. The zero-order valence-electron chi connectivity index (χ0n) is 15.0. The van der Waals surface area contributed by atoms with Crippen molar-refractivity contribution in [2.45, 2.75) is 17.1 Å². The molecule has 0 amide bonds. The molecule has 1 heterocycles. The lowest BCUT2D eigenvalue weighted by atomic mass is 10.1. The van der Waals surface area contributed by atoms with Crippen molar-refractivity contribution >= 4 is 10.0 Å². The third-order valence-corrected chi connectivity index (χ3v) is 6.06. The Balaban J connectivity index is 1.91. The van der Waals surface area contributed by atoms with E-state index >= 15 is 0 Å². The number of nitrogens with one attached hydrogen (secondary N) is 1. The van der Waals surface area contributed by atoms with Gasteiger partial charge in [0.05, 0.1) is 29.7 Å². The van der Waals surface area contributed by atoms with Crippen LogP contribution in [0.25, 0.3) is 0 Å². The predicted molar refractivity (Wildman–Crippen MR) is 98.2 cm³/mol. The van der Waals surface area contributed by atoms with Crippen molar-refractivity contribution in [2.75, 3.05) is 32.8 Å². The lowest BCUT2D eigenvalue weighted by Crippen LogP contribution is -2.43. The van der Waals surface area contributed by atoms with Crippen molar-refractivity contribution in [1.82, 2.24) is 9.62 Å². The van der Waals surface area contributed by atoms with E-state index in [0.717, 1.165) is 12.1 Å². The lowest BCUT2D eigenvalue weighted by molar-refractivity contribution is -0.139. The van der Waals surface area contributed by atoms with Crippen LogP contribution < -0.4 is 4.72 Å². The van der Waals surface area contributed by atoms with Gasteiger partial charge in [-0.15, -0.1) is 0 Å². The molecule has 0 radical (unpaired) electrons. The fourth-order valence-electron chi connectivity index (χ4n) is 3.12. The minimum Gasteiger partial charge on any atom is -0.379 e. The summed E-state index contributed by atoms with van der Waals surface area (Å²) in [7, 11) is -4.40. The van der Waals surface area contributed by atoms with E-state index in [2.05, 4.69) is 4.72 Å². The van der Waals surface area contributed by atoms with E-state index in [1.807, 2.05) is 4.90 Å². The summed E-state index contributed by atoms with van der Waals surface area (Å²) in [6, 6.07) is 12.3. The largest absolute Gasteiger partial charge is 0.417 e. The highest BCUT2D eigenvalue weighted by molar-refractivity contribution is 7.89. The maximum atomic E-state index is 13.3. The first-order chi connectivity index (χ1) is 13.3. The molecule has 1 aliphatic rings. The zero-order valence-corrected chi connectivity index (χ0v) is 15.8. The molecule has 0 saturated carbocycles. The molecule has 0 unspecified atom stereocenters. The molecule has 5 nitrogen and oxygen atoms in total. The first-order valence-electron chi connectivity index (χ1n) is 8.81. The predicted octanol–water partition coefficient (Wildman–Crippen LogP) is 3.06. The minimum absolute atomic E-state index is 0.334. The van der Waals surface area contributed by atoms with Gasteiger partial charge >= 0.3 is 6.18 Å². The number of nitrogens with zero attached hydrogens (tertiary/aromatic N) is 1. The molecule has 2 aromatic rings. The standard InChI is InChI=1S/C19H21F3N2O3S/c20-19(21,22)16-8-4-5-9-18(16)28(25,26)23-17(15-6-2-1-3-7-15)14-24-10-12-27-13-11-24/h1-9,17,23H,10-14H2/t17-/m1/s1. The van der Waals surface area contributed by atoms with E-state index in [1.165, 1.54) is 12.1 Å². The van der Waals surface area contributed by atoms with E-state index in [9.17, 15) is 21.6 Å². The summed E-state index contributed by atoms with van der Waals surface area (Å²) in [5, 5.41) is 0.